The summed E-state index contributed by atoms with van der Waals surface area (Å²) in [6.45, 7) is 9.22. The second-order valence-corrected chi connectivity index (χ2v) is 8.01. The van der Waals surface area contributed by atoms with Crippen molar-refractivity contribution in [3.05, 3.63) is 35.9 Å². The van der Waals surface area contributed by atoms with Crippen LogP contribution in [0.5, 0.6) is 0 Å². The van der Waals surface area contributed by atoms with Gasteiger partial charge in [0.2, 0.25) is 0 Å². The zero-order valence-corrected chi connectivity index (χ0v) is 14.9. The Morgan fingerprint density at radius 2 is 1.88 bits per heavy atom. The summed E-state index contributed by atoms with van der Waals surface area (Å²) in [5.74, 6) is 0. The third-order valence-electron chi connectivity index (χ3n) is 6.51. The predicted octanol–water partition coefficient (Wildman–Crippen LogP) is 1.76. The Bertz CT molecular complexity index is 534. The third kappa shape index (κ3) is 3.25. The summed E-state index contributed by atoms with van der Waals surface area (Å²) in [5.41, 5.74) is 7.98. The van der Waals surface area contributed by atoms with Crippen LogP contribution < -0.4 is 5.73 Å². The van der Waals surface area contributed by atoms with Crippen molar-refractivity contribution in [3.8, 4) is 0 Å². The van der Waals surface area contributed by atoms with Crippen LogP contribution >= 0.6 is 0 Å². The minimum atomic E-state index is 0.202. The second-order valence-electron chi connectivity index (χ2n) is 8.01. The van der Waals surface area contributed by atoms with Gasteiger partial charge in [0.25, 0.3) is 0 Å². The minimum Gasteiger partial charge on any atom is -0.329 e. The quantitative estimate of drug-likeness (QED) is 0.914. The molecular formula is C20H32N4. The molecule has 4 rings (SSSR count). The van der Waals surface area contributed by atoms with Crippen molar-refractivity contribution in [3.63, 3.8) is 0 Å². The van der Waals surface area contributed by atoms with Crippen LogP contribution in [0.3, 0.4) is 0 Å². The molecule has 132 valence electrons. The topological polar surface area (TPSA) is 35.7 Å². The SMILES string of the molecule is NCC1(N2CCCN3CCCC3C2)CCN(Cc2ccccc2)C1. The molecule has 0 spiro atoms. The summed E-state index contributed by atoms with van der Waals surface area (Å²) in [7, 11) is 0. The molecule has 4 nitrogen and oxygen atoms in total. The zero-order valence-electron chi connectivity index (χ0n) is 14.9. The first-order valence-electron chi connectivity index (χ1n) is 9.75. The smallest absolute Gasteiger partial charge is 0.0471 e. The van der Waals surface area contributed by atoms with Gasteiger partial charge in [-0.15, -0.1) is 0 Å². The van der Waals surface area contributed by atoms with E-state index in [1.54, 1.807) is 0 Å². The van der Waals surface area contributed by atoms with Crippen molar-refractivity contribution in [1.82, 2.24) is 14.7 Å². The maximum Gasteiger partial charge on any atom is 0.0471 e. The Morgan fingerprint density at radius 1 is 1.04 bits per heavy atom. The largest absolute Gasteiger partial charge is 0.329 e. The Kier molecular flexibility index (Phi) is 4.90. The fourth-order valence-electron chi connectivity index (χ4n) is 5.11. The number of likely N-dealkylation sites (tertiary alicyclic amines) is 1. The van der Waals surface area contributed by atoms with Crippen molar-refractivity contribution in [1.29, 1.82) is 0 Å². The molecule has 3 aliphatic rings. The summed E-state index contributed by atoms with van der Waals surface area (Å²) in [6.07, 6.45) is 5.29. The summed E-state index contributed by atoms with van der Waals surface area (Å²) >= 11 is 0. The Hall–Kier alpha value is -0.940. The van der Waals surface area contributed by atoms with E-state index in [2.05, 4.69) is 45.0 Å². The van der Waals surface area contributed by atoms with Crippen LogP contribution in [0.25, 0.3) is 0 Å². The van der Waals surface area contributed by atoms with Gasteiger partial charge in [-0.3, -0.25) is 14.7 Å². The lowest BCUT2D eigenvalue weighted by Gasteiger charge is -2.41. The number of benzene rings is 1. The average molecular weight is 329 g/mol. The van der Waals surface area contributed by atoms with E-state index < -0.39 is 0 Å². The molecular weight excluding hydrogens is 296 g/mol. The second kappa shape index (κ2) is 7.12. The van der Waals surface area contributed by atoms with Gasteiger partial charge in [0, 0.05) is 50.8 Å². The summed E-state index contributed by atoms with van der Waals surface area (Å²) in [5, 5.41) is 0. The molecule has 3 saturated heterocycles. The number of rotatable bonds is 4. The normalized spacial score (nSPS) is 32.8. The number of hydrogen-bond donors (Lipinski definition) is 1. The van der Waals surface area contributed by atoms with Gasteiger partial charge >= 0.3 is 0 Å². The van der Waals surface area contributed by atoms with Crippen LogP contribution in [-0.2, 0) is 6.54 Å². The molecule has 3 heterocycles. The Balaban J connectivity index is 1.44. The van der Waals surface area contributed by atoms with Gasteiger partial charge in [0.05, 0.1) is 0 Å². The fraction of sp³-hybridized carbons (Fsp3) is 0.700. The molecule has 2 N–H and O–H groups in total. The van der Waals surface area contributed by atoms with E-state index in [1.807, 2.05) is 0 Å². The highest BCUT2D eigenvalue weighted by atomic mass is 15.3. The molecule has 0 saturated carbocycles. The van der Waals surface area contributed by atoms with Crippen LogP contribution in [-0.4, -0.2) is 72.1 Å². The van der Waals surface area contributed by atoms with E-state index in [0.29, 0.717) is 0 Å². The van der Waals surface area contributed by atoms with Gasteiger partial charge in [0.1, 0.15) is 0 Å². The third-order valence-corrected chi connectivity index (χ3v) is 6.51. The van der Waals surface area contributed by atoms with Crippen LogP contribution in [0.1, 0.15) is 31.2 Å². The number of nitrogens with zero attached hydrogens (tertiary/aromatic N) is 3. The molecule has 24 heavy (non-hydrogen) atoms. The van der Waals surface area contributed by atoms with E-state index >= 15 is 0 Å². The molecule has 3 fully saturated rings. The summed E-state index contributed by atoms with van der Waals surface area (Å²) in [6, 6.07) is 11.6. The standard InChI is InChI=1S/C20H32N4/c21-16-20(24-12-5-11-23-10-4-8-19(23)15-24)9-13-22(17-20)14-18-6-2-1-3-7-18/h1-3,6-7,19H,4-5,8-17,21H2. The van der Waals surface area contributed by atoms with Crippen LogP contribution in [0.2, 0.25) is 0 Å². The van der Waals surface area contributed by atoms with Crippen LogP contribution in [0.15, 0.2) is 30.3 Å². The van der Waals surface area contributed by atoms with Crippen LogP contribution in [0.4, 0.5) is 0 Å². The van der Waals surface area contributed by atoms with Gasteiger partial charge in [-0.25, -0.2) is 0 Å². The predicted molar refractivity (Wildman–Crippen MR) is 98.9 cm³/mol. The van der Waals surface area contributed by atoms with E-state index in [1.165, 1.54) is 64.0 Å². The van der Waals surface area contributed by atoms with Gasteiger partial charge in [-0.05, 0) is 44.3 Å². The van der Waals surface area contributed by atoms with Crippen molar-refractivity contribution in [2.45, 2.75) is 43.8 Å². The van der Waals surface area contributed by atoms with Gasteiger partial charge in [0.15, 0.2) is 0 Å². The van der Waals surface area contributed by atoms with E-state index in [9.17, 15) is 0 Å². The molecule has 2 atom stereocenters. The average Bonchev–Trinajstić information content (AvgIpc) is 3.18. The lowest BCUT2D eigenvalue weighted by atomic mass is 9.95. The first kappa shape index (κ1) is 16.5. The molecule has 0 radical (unpaired) electrons. The van der Waals surface area contributed by atoms with E-state index in [4.69, 9.17) is 5.73 Å². The minimum absolute atomic E-state index is 0.202. The monoisotopic (exact) mass is 328 g/mol. The fourth-order valence-corrected chi connectivity index (χ4v) is 5.11. The molecule has 0 aliphatic carbocycles. The zero-order chi connectivity index (χ0) is 16.4. The molecule has 1 aromatic rings. The molecule has 0 amide bonds. The van der Waals surface area contributed by atoms with Crippen molar-refractivity contribution < 1.29 is 0 Å². The molecule has 2 unspecified atom stereocenters. The first-order chi connectivity index (χ1) is 11.8. The van der Waals surface area contributed by atoms with Gasteiger partial charge in [-0.2, -0.15) is 0 Å². The van der Waals surface area contributed by atoms with E-state index in [0.717, 1.165) is 25.7 Å². The van der Waals surface area contributed by atoms with Crippen molar-refractivity contribution in [2.75, 3.05) is 45.8 Å². The highest BCUT2D eigenvalue weighted by Crippen LogP contribution is 2.32. The number of fused-ring (bicyclic) bond motifs is 1. The highest BCUT2D eigenvalue weighted by Gasteiger charge is 2.44. The summed E-state index contributed by atoms with van der Waals surface area (Å²) in [4.78, 5) is 8.11. The first-order valence-corrected chi connectivity index (χ1v) is 9.75. The molecule has 0 aromatic heterocycles. The molecule has 4 heteroatoms. The Morgan fingerprint density at radius 3 is 2.71 bits per heavy atom. The molecule has 1 aromatic carbocycles. The van der Waals surface area contributed by atoms with Crippen molar-refractivity contribution >= 4 is 0 Å². The molecule has 0 bridgehead atoms. The van der Waals surface area contributed by atoms with Crippen LogP contribution in [0, 0.1) is 0 Å². The lowest BCUT2D eigenvalue weighted by Crippen LogP contribution is -2.57. The molecule has 3 aliphatic heterocycles. The number of hydrogen-bond acceptors (Lipinski definition) is 4. The lowest BCUT2D eigenvalue weighted by molar-refractivity contribution is 0.0883. The van der Waals surface area contributed by atoms with Gasteiger partial charge < -0.3 is 5.73 Å². The maximum absolute atomic E-state index is 6.36. The maximum atomic E-state index is 6.36. The van der Waals surface area contributed by atoms with Gasteiger partial charge in [-0.1, -0.05) is 30.3 Å². The van der Waals surface area contributed by atoms with E-state index in [-0.39, 0.29) is 5.54 Å². The Labute approximate surface area is 146 Å². The highest BCUT2D eigenvalue weighted by molar-refractivity contribution is 5.15. The summed E-state index contributed by atoms with van der Waals surface area (Å²) < 4.78 is 0. The van der Waals surface area contributed by atoms with Crippen molar-refractivity contribution in [2.24, 2.45) is 5.73 Å². The number of nitrogens with two attached hydrogens (primary N) is 1.